The van der Waals surface area contributed by atoms with E-state index in [-0.39, 0.29) is 18.0 Å². The largest absolute Gasteiger partial charge is 0.496 e. The van der Waals surface area contributed by atoms with Gasteiger partial charge in [-0.15, -0.1) is 0 Å². The third kappa shape index (κ3) is 2.97. The number of benzene rings is 1. The molecule has 21 heavy (non-hydrogen) atoms. The van der Waals surface area contributed by atoms with E-state index >= 15 is 0 Å². The number of nitrogens with two attached hydrogens (primary N) is 1. The van der Waals surface area contributed by atoms with Crippen LogP contribution in [0.5, 0.6) is 11.5 Å². The molecule has 0 bridgehead atoms. The minimum Gasteiger partial charge on any atom is -0.496 e. The van der Waals surface area contributed by atoms with Crippen LogP contribution in [-0.4, -0.2) is 43.7 Å². The molecule has 2 unspecified atom stereocenters. The van der Waals surface area contributed by atoms with Crippen LogP contribution in [-0.2, 0) is 0 Å². The van der Waals surface area contributed by atoms with Gasteiger partial charge in [-0.3, -0.25) is 4.79 Å². The van der Waals surface area contributed by atoms with E-state index in [1.54, 1.807) is 26.4 Å². The lowest BCUT2D eigenvalue weighted by molar-refractivity contribution is 0.0487. The summed E-state index contributed by atoms with van der Waals surface area (Å²) < 4.78 is 10.7. The van der Waals surface area contributed by atoms with Crippen LogP contribution >= 0.6 is 0 Å². The average molecular weight is 292 g/mol. The van der Waals surface area contributed by atoms with Crippen molar-refractivity contribution in [3.8, 4) is 11.5 Å². The zero-order chi connectivity index (χ0) is 15.4. The maximum absolute atomic E-state index is 13.0. The molecule has 1 heterocycles. The Balaban J connectivity index is 2.42. The topological polar surface area (TPSA) is 64.8 Å². The second kappa shape index (κ2) is 6.80. The first-order chi connectivity index (χ1) is 10.1. The molecule has 5 heteroatoms. The van der Waals surface area contributed by atoms with E-state index in [1.165, 1.54) is 0 Å². The zero-order valence-corrected chi connectivity index (χ0v) is 13.0. The number of carbonyl (C=O) groups excluding carboxylic acids is 1. The van der Waals surface area contributed by atoms with Gasteiger partial charge in [0.1, 0.15) is 17.1 Å². The van der Waals surface area contributed by atoms with Crippen molar-refractivity contribution in [3.05, 3.63) is 23.8 Å². The quantitative estimate of drug-likeness (QED) is 0.922. The zero-order valence-electron chi connectivity index (χ0n) is 13.0. The Bertz CT molecular complexity index is 482. The van der Waals surface area contributed by atoms with Crippen LogP contribution in [0.2, 0.25) is 0 Å². The van der Waals surface area contributed by atoms with E-state index in [9.17, 15) is 4.79 Å². The molecule has 0 aromatic heterocycles. The highest BCUT2D eigenvalue weighted by atomic mass is 16.5. The molecule has 0 spiro atoms. The van der Waals surface area contributed by atoms with Crippen molar-refractivity contribution in [1.29, 1.82) is 0 Å². The van der Waals surface area contributed by atoms with Crippen LogP contribution in [0.25, 0.3) is 0 Å². The Morgan fingerprint density at radius 3 is 2.43 bits per heavy atom. The molecule has 2 atom stereocenters. The number of ether oxygens (including phenoxy) is 2. The van der Waals surface area contributed by atoms with Crippen molar-refractivity contribution in [3.63, 3.8) is 0 Å². The van der Waals surface area contributed by atoms with E-state index in [4.69, 9.17) is 15.2 Å². The molecule has 1 aliphatic heterocycles. The van der Waals surface area contributed by atoms with Crippen molar-refractivity contribution in [1.82, 2.24) is 4.90 Å². The second-order valence-electron chi connectivity index (χ2n) is 5.42. The molecular weight excluding hydrogens is 268 g/mol. The lowest BCUT2D eigenvalue weighted by atomic mass is 9.95. The van der Waals surface area contributed by atoms with Gasteiger partial charge in [-0.1, -0.05) is 6.07 Å². The van der Waals surface area contributed by atoms with E-state index in [0.29, 0.717) is 23.6 Å². The van der Waals surface area contributed by atoms with Crippen LogP contribution in [0.1, 0.15) is 36.5 Å². The number of hydrogen-bond donors (Lipinski definition) is 1. The molecule has 2 N–H and O–H groups in total. The highest BCUT2D eigenvalue weighted by molar-refractivity contribution is 6.00. The van der Waals surface area contributed by atoms with Gasteiger partial charge in [-0.05, 0) is 38.3 Å². The first-order valence-corrected chi connectivity index (χ1v) is 7.37. The van der Waals surface area contributed by atoms with Crippen molar-refractivity contribution < 1.29 is 14.3 Å². The average Bonchev–Trinajstić information content (AvgIpc) is 2.52. The van der Waals surface area contributed by atoms with Crippen LogP contribution in [0, 0.1) is 0 Å². The predicted octanol–water partition coefficient (Wildman–Crippen LogP) is 2.05. The van der Waals surface area contributed by atoms with Crippen LogP contribution < -0.4 is 15.2 Å². The van der Waals surface area contributed by atoms with Crippen molar-refractivity contribution in [2.45, 2.75) is 38.3 Å². The molecule has 1 aromatic carbocycles. The summed E-state index contributed by atoms with van der Waals surface area (Å²) in [5.74, 6) is 1.01. The summed E-state index contributed by atoms with van der Waals surface area (Å²) in [5, 5.41) is 0. The number of nitrogens with zero attached hydrogens (tertiary/aromatic N) is 1. The summed E-state index contributed by atoms with van der Waals surface area (Å²) >= 11 is 0. The highest BCUT2D eigenvalue weighted by Crippen LogP contribution is 2.33. The molecule has 116 valence electrons. The van der Waals surface area contributed by atoms with Crippen LogP contribution in [0.4, 0.5) is 0 Å². The van der Waals surface area contributed by atoms with Gasteiger partial charge in [-0.2, -0.15) is 0 Å². The van der Waals surface area contributed by atoms with Crippen molar-refractivity contribution >= 4 is 5.91 Å². The monoisotopic (exact) mass is 292 g/mol. The minimum atomic E-state index is -0.0630. The molecule has 0 saturated carbocycles. The van der Waals surface area contributed by atoms with Gasteiger partial charge >= 0.3 is 0 Å². The summed E-state index contributed by atoms with van der Waals surface area (Å²) in [6, 6.07) is 5.63. The van der Waals surface area contributed by atoms with Gasteiger partial charge in [0.2, 0.25) is 0 Å². The van der Waals surface area contributed by atoms with Gasteiger partial charge in [-0.25, -0.2) is 0 Å². The van der Waals surface area contributed by atoms with Gasteiger partial charge in [0, 0.05) is 18.6 Å². The Morgan fingerprint density at radius 2 is 1.90 bits per heavy atom. The van der Waals surface area contributed by atoms with Gasteiger partial charge < -0.3 is 20.1 Å². The van der Waals surface area contributed by atoms with E-state index in [2.05, 4.69) is 6.92 Å². The van der Waals surface area contributed by atoms with E-state index in [0.717, 1.165) is 19.3 Å². The summed E-state index contributed by atoms with van der Waals surface area (Å²) in [5.41, 5.74) is 6.34. The number of likely N-dealkylation sites (tertiary alicyclic amines) is 1. The molecule has 0 radical (unpaired) electrons. The first kappa shape index (κ1) is 15.6. The molecule has 1 aliphatic rings. The number of rotatable bonds is 4. The van der Waals surface area contributed by atoms with Crippen LogP contribution in [0.3, 0.4) is 0 Å². The molecule has 1 aromatic rings. The van der Waals surface area contributed by atoms with E-state index < -0.39 is 0 Å². The summed E-state index contributed by atoms with van der Waals surface area (Å²) in [6.07, 6.45) is 3.06. The summed E-state index contributed by atoms with van der Waals surface area (Å²) in [4.78, 5) is 14.9. The fourth-order valence-corrected chi connectivity index (χ4v) is 3.08. The number of methoxy groups -OCH3 is 2. The number of hydrogen-bond acceptors (Lipinski definition) is 4. The molecule has 1 saturated heterocycles. The molecule has 2 rings (SSSR count). The third-order valence-electron chi connectivity index (χ3n) is 4.18. The Hall–Kier alpha value is -1.75. The smallest absolute Gasteiger partial charge is 0.261 e. The molecule has 5 nitrogen and oxygen atoms in total. The Kier molecular flexibility index (Phi) is 5.07. The van der Waals surface area contributed by atoms with Gasteiger partial charge in [0.15, 0.2) is 0 Å². The standard InChI is InChI=1S/C16H24N2O3/c1-11-6-4-7-12(10-17)18(11)16(19)15-13(20-2)8-5-9-14(15)21-3/h5,8-9,11-12H,4,6-7,10,17H2,1-3H3. The molecular formula is C16H24N2O3. The van der Waals surface area contributed by atoms with Gasteiger partial charge in [0.05, 0.1) is 14.2 Å². The summed E-state index contributed by atoms with van der Waals surface area (Å²) in [7, 11) is 3.12. The molecule has 1 amide bonds. The lowest BCUT2D eigenvalue weighted by Crippen LogP contribution is -2.52. The fourth-order valence-electron chi connectivity index (χ4n) is 3.08. The number of carbonyl (C=O) groups is 1. The third-order valence-corrected chi connectivity index (χ3v) is 4.18. The second-order valence-corrected chi connectivity index (χ2v) is 5.42. The summed E-state index contributed by atoms with van der Waals surface area (Å²) in [6.45, 7) is 2.55. The molecule has 1 fully saturated rings. The lowest BCUT2D eigenvalue weighted by Gasteiger charge is -2.40. The normalized spacial score (nSPS) is 22.0. The number of amides is 1. The number of piperidine rings is 1. The Labute approximate surface area is 126 Å². The fraction of sp³-hybridized carbons (Fsp3) is 0.562. The Morgan fingerprint density at radius 1 is 1.29 bits per heavy atom. The minimum absolute atomic E-state index is 0.0630. The molecule has 0 aliphatic carbocycles. The SMILES string of the molecule is COc1cccc(OC)c1C(=O)N1C(C)CCCC1CN. The van der Waals surface area contributed by atoms with Crippen molar-refractivity contribution in [2.24, 2.45) is 5.73 Å². The van der Waals surface area contributed by atoms with Gasteiger partial charge in [0.25, 0.3) is 5.91 Å². The highest BCUT2D eigenvalue weighted by Gasteiger charge is 2.34. The maximum atomic E-state index is 13.0. The van der Waals surface area contributed by atoms with Crippen molar-refractivity contribution in [2.75, 3.05) is 20.8 Å². The van der Waals surface area contributed by atoms with E-state index in [1.807, 2.05) is 11.0 Å². The van der Waals surface area contributed by atoms with Crippen LogP contribution in [0.15, 0.2) is 18.2 Å². The predicted molar refractivity (Wildman–Crippen MR) is 81.9 cm³/mol. The maximum Gasteiger partial charge on any atom is 0.261 e. The first-order valence-electron chi connectivity index (χ1n) is 7.37.